The van der Waals surface area contributed by atoms with Crippen LogP contribution in [0.1, 0.15) is 22.3 Å². The summed E-state index contributed by atoms with van der Waals surface area (Å²) in [5, 5.41) is 3.62. The number of hydrogen-bond donors (Lipinski definition) is 1. The quantitative estimate of drug-likeness (QED) is 0.248. The lowest BCUT2D eigenvalue weighted by Gasteiger charge is -2.34. The molecule has 1 aliphatic heterocycles. The average molecular weight is 603 g/mol. The molecule has 0 radical (unpaired) electrons. The van der Waals surface area contributed by atoms with Gasteiger partial charge in [-0.1, -0.05) is 29.8 Å². The Kier molecular flexibility index (Phi) is 8.84. The number of hydrogen-bond acceptors (Lipinski definition) is 7. The Bertz CT molecular complexity index is 1670. The number of nitrogens with zero attached hydrogens (tertiary/aromatic N) is 5. The van der Waals surface area contributed by atoms with Crippen molar-refractivity contribution in [2.45, 2.75) is 27.7 Å². The lowest BCUT2D eigenvalue weighted by Crippen LogP contribution is -2.44. The topological polar surface area (TPSA) is 73.8 Å². The van der Waals surface area contributed by atoms with Crippen LogP contribution in [-0.2, 0) is 0 Å². The van der Waals surface area contributed by atoms with Crippen LogP contribution in [0.4, 0.5) is 32.2 Å². The van der Waals surface area contributed by atoms with Crippen molar-refractivity contribution in [2.24, 2.45) is 0 Å². The molecule has 1 N–H and O–H groups in total. The number of amides is 1. The summed E-state index contributed by atoms with van der Waals surface area (Å²) < 4.78 is 21.0. The van der Waals surface area contributed by atoms with E-state index in [1.807, 2.05) is 32.0 Å². The van der Waals surface area contributed by atoms with E-state index >= 15 is 4.39 Å². The number of ether oxygens (including phenoxy) is 1. The number of piperazine rings is 1. The average Bonchev–Trinajstić information content (AvgIpc) is 2.97. The predicted octanol–water partition coefficient (Wildman–Crippen LogP) is 7.30. The van der Waals surface area contributed by atoms with Gasteiger partial charge >= 0.3 is 6.09 Å². The van der Waals surface area contributed by atoms with Crippen molar-refractivity contribution in [3.05, 3.63) is 87.7 Å². The van der Waals surface area contributed by atoms with Gasteiger partial charge in [-0.2, -0.15) is 4.98 Å². The van der Waals surface area contributed by atoms with E-state index in [4.69, 9.17) is 21.3 Å². The fourth-order valence-electron chi connectivity index (χ4n) is 5.12. The van der Waals surface area contributed by atoms with Crippen molar-refractivity contribution in [2.75, 3.05) is 55.4 Å². The molecule has 4 aromatic rings. The number of likely N-dealkylation sites (N-methyl/N-ethyl adjacent to an activating group) is 1. The minimum Gasteiger partial charge on any atom is -0.391 e. The Labute approximate surface area is 257 Å². The van der Waals surface area contributed by atoms with Crippen molar-refractivity contribution in [1.82, 2.24) is 14.9 Å². The molecule has 1 amide bonds. The monoisotopic (exact) mass is 602 g/mol. The van der Waals surface area contributed by atoms with Crippen molar-refractivity contribution >= 4 is 40.7 Å². The van der Waals surface area contributed by atoms with Gasteiger partial charge in [0.15, 0.2) is 0 Å². The first-order valence-electron chi connectivity index (χ1n) is 14.2. The molecule has 1 aliphatic rings. The van der Waals surface area contributed by atoms with Crippen LogP contribution in [0.25, 0.3) is 11.3 Å². The maximum atomic E-state index is 15.3. The molecule has 1 fully saturated rings. The highest BCUT2D eigenvalue weighted by Gasteiger charge is 2.20. The van der Waals surface area contributed by atoms with Crippen LogP contribution in [0.3, 0.4) is 0 Å². The first-order valence-corrected chi connectivity index (χ1v) is 14.6. The van der Waals surface area contributed by atoms with Crippen LogP contribution in [-0.4, -0.2) is 61.2 Å². The van der Waals surface area contributed by atoms with E-state index in [0.29, 0.717) is 27.8 Å². The van der Waals surface area contributed by atoms with E-state index in [1.54, 1.807) is 37.4 Å². The molecular weight excluding hydrogens is 567 g/mol. The summed E-state index contributed by atoms with van der Waals surface area (Å²) in [5.74, 6) is -0.108. The Morgan fingerprint density at radius 1 is 0.930 bits per heavy atom. The van der Waals surface area contributed by atoms with Crippen molar-refractivity contribution in [3.8, 4) is 17.1 Å². The van der Waals surface area contributed by atoms with E-state index in [2.05, 4.69) is 41.0 Å². The Morgan fingerprint density at radius 2 is 1.65 bits per heavy atom. The Morgan fingerprint density at radius 3 is 2.37 bits per heavy atom. The van der Waals surface area contributed by atoms with Gasteiger partial charge in [0.2, 0.25) is 11.8 Å². The van der Waals surface area contributed by atoms with Gasteiger partial charge in [0.25, 0.3) is 0 Å². The summed E-state index contributed by atoms with van der Waals surface area (Å²) in [6.45, 7) is 11.3. The summed E-state index contributed by atoms with van der Waals surface area (Å²) in [6.07, 6.45) is -0.639. The first-order chi connectivity index (χ1) is 20.5. The lowest BCUT2D eigenvalue weighted by atomic mass is 9.97. The minimum absolute atomic E-state index is 0.0520. The molecule has 10 heteroatoms. The van der Waals surface area contributed by atoms with Gasteiger partial charge in [0, 0.05) is 55.6 Å². The van der Waals surface area contributed by atoms with Gasteiger partial charge in [-0.3, -0.25) is 4.90 Å². The number of benzene rings is 3. The minimum atomic E-state index is -0.639. The van der Waals surface area contributed by atoms with Gasteiger partial charge in [-0.25, -0.2) is 14.2 Å². The number of carbonyl (C=O) groups is 1. The highest BCUT2D eigenvalue weighted by molar-refractivity contribution is 6.31. The molecule has 224 valence electrons. The van der Waals surface area contributed by atoms with Gasteiger partial charge in [0.05, 0.1) is 17.1 Å². The SMILES string of the molecule is Cc1ccc(Cl)cc1N(C)C(=O)Oc1cc(-c2ccc(C)c(C)c2C)nc(Nc2ccc(N3CCN(C)CC3)c(F)c2)n1. The fourth-order valence-corrected chi connectivity index (χ4v) is 5.29. The molecule has 1 saturated heterocycles. The third-order valence-electron chi connectivity index (χ3n) is 8.08. The molecule has 0 atom stereocenters. The Balaban J connectivity index is 1.47. The molecule has 0 spiro atoms. The predicted molar refractivity (Wildman–Crippen MR) is 172 cm³/mol. The molecule has 0 unspecified atom stereocenters. The summed E-state index contributed by atoms with van der Waals surface area (Å²) in [7, 11) is 3.68. The fraction of sp³-hybridized carbons (Fsp3) is 0.303. The number of aromatic nitrogens is 2. The van der Waals surface area contributed by atoms with Crippen molar-refractivity contribution < 1.29 is 13.9 Å². The van der Waals surface area contributed by atoms with Gasteiger partial charge in [-0.15, -0.1) is 0 Å². The van der Waals surface area contributed by atoms with E-state index in [-0.39, 0.29) is 17.6 Å². The zero-order valence-electron chi connectivity index (χ0n) is 25.3. The Hall–Kier alpha value is -4.21. The van der Waals surface area contributed by atoms with Gasteiger partial charge < -0.3 is 19.9 Å². The molecule has 1 aromatic heterocycles. The highest BCUT2D eigenvalue weighted by Crippen LogP contribution is 2.31. The van der Waals surface area contributed by atoms with E-state index in [0.717, 1.165) is 54.0 Å². The zero-order valence-corrected chi connectivity index (χ0v) is 26.1. The number of anilines is 4. The van der Waals surface area contributed by atoms with Crippen LogP contribution >= 0.6 is 11.6 Å². The van der Waals surface area contributed by atoms with Crippen LogP contribution < -0.4 is 19.9 Å². The summed E-state index contributed by atoms with van der Waals surface area (Å²) in [5.41, 5.74) is 7.32. The molecule has 0 aliphatic carbocycles. The molecule has 5 rings (SSSR count). The molecule has 0 saturated carbocycles. The standard InChI is InChI=1S/C33H36ClFN6O2/c1-20-8-11-26(23(4)22(20)3)28-19-31(43-33(42)40(6)30-17-24(34)9-7-21(30)2)38-32(37-28)36-25-10-12-29(27(35)18-25)41-15-13-39(5)14-16-41/h7-12,17-19H,13-16H2,1-6H3,(H,36,37,38). The second kappa shape index (κ2) is 12.6. The number of aryl methyl sites for hydroxylation is 2. The highest BCUT2D eigenvalue weighted by atomic mass is 35.5. The number of rotatable bonds is 6. The lowest BCUT2D eigenvalue weighted by molar-refractivity contribution is 0.207. The van der Waals surface area contributed by atoms with Crippen LogP contribution in [0.15, 0.2) is 54.6 Å². The smallest absolute Gasteiger partial charge is 0.391 e. The number of nitrogens with one attached hydrogen (secondary N) is 1. The normalized spacial score (nSPS) is 13.6. The van der Waals surface area contributed by atoms with Crippen LogP contribution in [0, 0.1) is 33.5 Å². The second-order valence-electron chi connectivity index (χ2n) is 11.0. The molecule has 0 bridgehead atoms. The summed E-state index contributed by atoms with van der Waals surface area (Å²) in [6, 6.07) is 16.0. The van der Waals surface area contributed by atoms with Crippen LogP contribution in [0.5, 0.6) is 5.88 Å². The third-order valence-corrected chi connectivity index (χ3v) is 8.32. The molecule has 3 aromatic carbocycles. The first kappa shape index (κ1) is 30.3. The van der Waals surface area contributed by atoms with Crippen LogP contribution in [0.2, 0.25) is 5.02 Å². The van der Waals surface area contributed by atoms with Gasteiger partial charge in [-0.05, 0) is 87.3 Å². The van der Waals surface area contributed by atoms with Crippen molar-refractivity contribution in [1.29, 1.82) is 0 Å². The number of halogens is 2. The largest absolute Gasteiger partial charge is 0.420 e. The maximum Gasteiger partial charge on any atom is 0.420 e. The van der Waals surface area contributed by atoms with Crippen molar-refractivity contribution in [3.63, 3.8) is 0 Å². The second-order valence-corrected chi connectivity index (χ2v) is 11.5. The van der Waals surface area contributed by atoms with E-state index < -0.39 is 6.09 Å². The van der Waals surface area contributed by atoms with Gasteiger partial charge in [0.1, 0.15) is 5.82 Å². The number of carbonyl (C=O) groups excluding carboxylic acids is 1. The summed E-state index contributed by atoms with van der Waals surface area (Å²) >= 11 is 6.18. The van der Waals surface area contributed by atoms with E-state index in [9.17, 15) is 4.79 Å². The summed E-state index contributed by atoms with van der Waals surface area (Å²) in [4.78, 5) is 28.1. The molecular formula is C33H36ClFN6O2. The maximum absolute atomic E-state index is 15.3. The van der Waals surface area contributed by atoms with E-state index in [1.165, 1.54) is 11.0 Å². The third kappa shape index (κ3) is 6.73. The molecule has 8 nitrogen and oxygen atoms in total. The zero-order chi connectivity index (χ0) is 30.8. The molecule has 2 heterocycles. The molecule has 43 heavy (non-hydrogen) atoms.